The van der Waals surface area contributed by atoms with Crippen molar-refractivity contribution in [3.63, 3.8) is 0 Å². The molecule has 120 valence electrons. The van der Waals surface area contributed by atoms with Crippen molar-refractivity contribution in [1.82, 2.24) is 9.97 Å². The van der Waals surface area contributed by atoms with Crippen molar-refractivity contribution in [1.29, 1.82) is 0 Å². The first-order chi connectivity index (χ1) is 11.6. The number of hydrogen-bond donors (Lipinski definition) is 0. The van der Waals surface area contributed by atoms with Crippen LogP contribution in [0.3, 0.4) is 0 Å². The highest BCUT2D eigenvalue weighted by molar-refractivity contribution is 6.05. The highest BCUT2D eigenvalue weighted by Gasteiger charge is 2.18. The molecule has 0 radical (unpaired) electrons. The molecule has 1 heterocycles. The monoisotopic (exact) mass is 325 g/mol. The maximum Gasteiger partial charge on any atom is 0.261 e. The van der Waals surface area contributed by atoms with Gasteiger partial charge in [-0.25, -0.2) is 18.7 Å². The van der Waals surface area contributed by atoms with Gasteiger partial charge >= 0.3 is 0 Å². The number of anilines is 1. The molecule has 1 aromatic heterocycles. The molecule has 0 saturated heterocycles. The number of halogens is 2. The Labute approximate surface area is 137 Å². The lowest BCUT2D eigenvalue weighted by atomic mass is 10.2. The number of benzene rings is 2. The zero-order valence-electron chi connectivity index (χ0n) is 12.8. The van der Waals surface area contributed by atoms with Crippen LogP contribution in [0.2, 0.25) is 0 Å². The number of nitrogens with zero attached hydrogens (tertiary/aromatic N) is 3. The first-order valence-corrected chi connectivity index (χ1v) is 7.17. The molecule has 0 fully saturated rings. The topological polar surface area (TPSA) is 46.1 Å². The van der Waals surface area contributed by atoms with E-state index in [1.807, 2.05) is 30.3 Å². The Hall–Kier alpha value is -3.15. The van der Waals surface area contributed by atoms with Gasteiger partial charge in [-0.1, -0.05) is 30.3 Å². The Bertz CT molecular complexity index is 867. The number of aromatic nitrogens is 2. The van der Waals surface area contributed by atoms with Crippen LogP contribution < -0.4 is 4.90 Å². The summed E-state index contributed by atoms with van der Waals surface area (Å²) in [5.74, 6) is -1.36. The van der Waals surface area contributed by atoms with Crippen molar-refractivity contribution >= 4 is 11.6 Å². The maximum atomic E-state index is 13.8. The number of amides is 1. The molecule has 0 aliphatic rings. The summed E-state index contributed by atoms with van der Waals surface area (Å²) in [5, 5.41) is 0. The maximum absolute atomic E-state index is 13.8. The summed E-state index contributed by atoms with van der Waals surface area (Å²) < 4.78 is 27.1. The molecule has 0 aliphatic heterocycles. The lowest BCUT2D eigenvalue weighted by Crippen LogP contribution is -2.27. The summed E-state index contributed by atoms with van der Waals surface area (Å²) in [7, 11) is 1.37. The third-order valence-electron chi connectivity index (χ3n) is 3.50. The predicted molar refractivity (Wildman–Crippen MR) is 86.6 cm³/mol. The number of hydrogen-bond acceptors (Lipinski definition) is 3. The highest BCUT2D eigenvalue weighted by Crippen LogP contribution is 2.21. The molecule has 0 unspecified atom stereocenters. The molecule has 0 bridgehead atoms. The van der Waals surface area contributed by atoms with Gasteiger partial charge in [-0.15, -0.1) is 0 Å². The van der Waals surface area contributed by atoms with Crippen LogP contribution in [0.15, 0.2) is 60.9 Å². The first kappa shape index (κ1) is 15.7. The molecular weight excluding hydrogens is 312 g/mol. The van der Waals surface area contributed by atoms with E-state index in [-0.39, 0.29) is 11.3 Å². The third-order valence-corrected chi connectivity index (χ3v) is 3.50. The fraction of sp³-hybridized carbons (Fsp3) is 0.0556. The zero-order valence-corrected chi connectivity index (χ0v) is 12.8. The van der Waals surface area contributed by atoms with Crippen molar-refractivity contribution in [2.24, 2.45) is 0 Å². The minimum absolute atomic E-state index is 0.146. The van der Waals surface area contributed by atoms with Crippen LogP contribution in [0.5, 0.6) is 0 Å². The fourth-order valence-corrected chi connectivity index (χ4v) is 2.22. The van der Waals surface area contributed by atoms with Crippen molar-refractivity contribution < 1.29 is 13.6 Å². The smallest absolute Gasteiger partial charge is 0.261 e. The molecule has 0 saturated carbocycles. The van der Waals surface area contributed by atoms with Crippen molar-refractivity contribution in [2.75, 3.05) is 11.9 Å². The average molecular weight is 325 g/mol. The van der Waals surface area contributed by atoms with E-state index in [9.17, 15) is 13.6 Å². The van der Waals surface area contributed by atoms with Gasteiger partial charge in [0.1, 0.15) is 11.6 Å². The number of carbonyl (C=O) groups is 1. The number of carbonyl (C=O) groups excluding carboxylic acids is 1. The van der Waals surface area contributed by atoms with Crippen LogP contribution in [0.4, 0.5) is 14.5 Å². The second-order valence-electron chi connectivity index (χ2n) is 5.12. The molecule has 0 N–H and O–H groups in total. The van der Waals surface area contributed by atoms with Crippen LogP contribution in [0.1, 0.15) is 10.4 Å². The average Bonchev–Trinajstić information content (AvgIpc) is 2.63. The Morgan fingerprint density at radius 2 is 1.67 bits per heavy atom. The number of rotatable bonds is 3. The van der Waals surface area contributed by atoms with Gasteiger partial charge in [-0.05, 0) is 12.1 Å². The molecule has 3 rings (SSSR count). The molecule has 0 aliphatic carbocycles. The van der Waals surface area contributed by atoms with E-state index in [0.717, 1.165) is 28.7 Å². The largest absolute Gasteiger partial charge is 0.308 e. The minimum atomic E-state index is -0.686. The first-order valence-electron chi connectivity index (χ1n) is 7.17. The van der Waals surface area contributed by atoms with Gasteiger partial charge in [-0.2, -0.15) is 0 Å². The SMILES string of the molecule is CN(C(=O)c1cnc(-c2ccccc2)nc1)c1cc(F)ccc1F. The van der Waals surface area contributed by atoms with E-state index < -0.39 is 17.5 Å². The van der Waals surface area contributed by atoms with Crippen molar-refractivity contribution in [3.05, 3.63) is 78.1 Å². The summed E-state index contributed by atoms with van der Waals surface area (Å²) in [6.45, 7) is 0. The minimum Gasteiger partial charge on any atom is -0.308 e. The second-order valence-corrected chi connectivity index (χ2v) is 5.12. The van der Waals surface area contributed by atoms with Gasteiger partial charge in [0.15, 0.2) is 5.82 Å². The lowest BCUT2D eigenvalue weighted by molar-refractivity contribution is 0.0991. The quantitative estimate of drug-likeness (QED) is 0.738. The van der Waals surface area contributed by atoms with Gasteiger partial charge < -0.3 is 4.90 Å². The molecule has 2 aromatic carbocycles. The zero-order chi connectivity index (χ0) is 17.1. The van der Waals surface area contributed by atoms with E-state index >= 15 is 0 Å². The van der Waals surface area contributed by atoms with Crippen LogP contribution >= 0.6 is 0 Å². The molecule has 4 nitrogen and oxygen atoms in total. The summed E-state index contributed by atoms with van der Waals surface area (Å²) in [6.07, 6.45) is 2.73. The van der Waals surface area contributed by atoms with E-state index in [2.05, 4.69) is 9.97 Å². The van der Waals surface area contributed by atoms with Crippen LogP contribution in [0.25, 0.3) is 11.4 Å². The Balaban J connectivity index is 1.86. The van der Waals surface area contributed by atoms with Gasteiger partial charge in [0.25, 0.3) is 5.91 Å². The van der Waals surface area contributed by atoms with Crippen LogP contribution in [-0.4, -0.2) is 22.9 Å². The summed E-state index contributed by atoms with van der Waals surface area (Å²) in [4.78, 5) is 21.8. The molecule has 6 heteroatoms. The standard InChI is InChI=1S/C18H13F2N3O/c1-23(16-9-14(19)7-8-15(16)20)18(24)13-10-21-17(22-11-13)12-5-3-2-4-6-12/h2-11H,1H3. The second kappa shape index (κ2) is 6.54. The predicted octanol–water partition coefficient (Wildman–Crippen LogP) is 3.70. The Kier molecular flexibility index (Phi) is 4.29. The molecule has 24 heavy (non-hydrogen) atoms. The lowest BCUT2D eigenvalue weighted by Gasteiger charge is -2.17. The molecule has 1 amide bonds. The van der Waals surface area contributed by atoms with Gasteiger partial charge in [0, 0.05) is 31.1 Å². The van der Waals surface area contributed by atoms with E-state index in [0.29, 0.717) is 5.82 Å². The van der Waals surface area contributed by atoms with Gasteiger partial charge in [-0.3, -0.25) is 4.79 Å². The Morgan fingerprint density at radius 3 is 2.33 bits per heavy atom. The summed E-state index contributed by atoms with van der Waals surface area (Å²) in [6, 6.07) is 12.2. The Morgan fingerprint density at radius 1 is 1.00 bits per heavy atom. The highest BCUT2D eigenvalue weighted by atomic mass is 19.1. The van der Waals surface area contributed by atoms with E-state index in [1.165, 1.54) is 19.4 Å². The van der Waals surface area contributed by atoms with Crippen LogP contribution in [0, 0.1) is 11.6 Å². The third kappa shape index (κ3) is 3.12. The summed E-state index contributed by atoms with van der Waals surface area (Å²) >= 11 is 0. The molecule has 0 spiro atoms. The molecular formula is C18H13F2N3O. The normalized spacial score (nSPS) is 10.5. The van der Waals surface area contributed by atoms with Gasteiger partial charge in [0.05, 0.1) is 11.3 Å². The van der Waals surface area contributed by atoms with Crippen molar-refractivity contribution in [2.45, 2.75) is 0 Å². The summed E-state index contributed by atoms with van der Waals surface area (Å²) in [5.41, 5.74) is 0.856. The van der Waals surface area contributed by atoms with E-state index in [4.69, 9.17) is 0 Å². The van der Waals surface area contributed by atoms with Gasteiger partial charge in [0.2, 0.25) is 0 Å². The van der Waals surface area contributed by atoms with Crippen LogP contribution in [-0.2, 0) is 0 Å². The molecule has 0 atom stereocenters. The molecule has 3 aromatic rings. The fourth-order valence-electron chi connectivity index (χ4n) is 2.22. The van der Waals surface area contributed by atoms with E-state index in [1.54, 1.807) is 0 Å². The van der Waals surface area contributed by atoms with Crippen molar-refractivity contribution in [3.8, 4) is 11.4 Å².